The van der Waals surface area contributed by atoms with E-state index in [9.17, 15) is 0 Å². The van der Waals surface area contributed by atoms with Crippen LogP contribution < -0.4 is 0 Å². The number of alkyl halides is 1. The van der Waals surface area contributed by atoms with Crippen LogP contribution in [0.25, 0.3) is 0 Å². The quantitative estimate of drug-likeness (QED) is 0.669. The van der Waals surface area contributed by atoms with Crippen LogP contribution in [0, 0.1) is 5.92 Å². The van der Waals surface area contributed by atoms with Gasteiger partial charge in [-0.05, 0) is 24.8 Å². The van der Waals surface area contributed by atoms with E-state index in [1.807, 2.05) is 17.9 Å². The lowest BCUT2D eigenvalue weighted by atomic mass is 10.0. The molecule has 2 nitrogen and oxygen atoms in total. The second-order valence-electron chi connectivity index (χ2n) is 3.49. The minimum Gasteiger partial charge on any atom is -0.276 e. The molecule has 3 heteroatoms. The summed E-state index contributed by atoms with van der Waals surface area (Å²) >= 11 is 5.87. The molecule has 1 aromatic heterocycles. The predicted octanol–water partition coefficient (Wildman–Crippen LogP) is 2.62. The fourth-order valence-electron chi connectivity index (χ4n) is 1.51. The third-order valence-electron chi connectivity index (χ3n) is 2.18. The lowest BCUT2D eigenvalue weighted by molar-refractivity contribution is 0.518. The summed E-state index contributed by atoms with van der Waals surface area (Å²) in [6, 6.07) is 2.06. The van der Waals surface area contributed by atoms with Crippen molar-refractivity contribution in [1.29, 1.82) is 0 Å². The summed E-state index contributed by atoms with van der Waals surface area (Å²) in [4.78, 5) is 0. The van der Waals surface area contributed by atoms with Gasteiger partial charge in [-0.3, -0.25) is 4.68 Å². The lowest BCUT2D eigenvalue weighted by Crippen LogP contribution is -2.06. The Morgan fingerprint density at radius 1 is 1.62 bits per heavy atom. The highest BCUT2D eigenvalue weighted by atomic mass is 35.5. The van der Waals surface area contributed by atoms with Crippen molar-refractivity contribution in [1.82, 2.24) is 9.78 Å². The van der Waals surface area contributed by atoms with Crippen LogP contribution >= 0.6 is 11.6 Å². The Balaban J connectivity index is 2.46. The maximum atomic E-state index is 5.87. The normalized spacial score (nSPS) is 13.2. The highest BCUT2D eigenvalue weighted by Crippen LogP contribution is 2.14. The van der Waals surface area contributed by atoms with Crippen molar-refractivity contribution in [2.75, 3.05) is 5.88 Å². The Bertz CT molecular complexity index is 245. The molecular weight excluding hydrogens is 184 g/mol. The fraction of sp³-hybridized carbons (Fsp3) is 0.700. The van der Waals surface area contributed by atoms with Crippen molar-refractivity contribution in [3.63, 3.8) is 0 Å². The van der Waals surface area contributed by atoms with Crippen LogP contribution in [0.2, 0.25) is 0 Å². The van der Waals surface area contributed by atoms with E-state index in [2.05, 4.69) is 18.1 Å². The van der Waals surface area contributed by atoms with Crippen LogP contribution in [0.15, 0.2) is 12.3 Å². The molecule has 1 atom stereocenters. The maximum Gasteiger partial charge on any atom is 0.0627 e. The Hall–Kier alpha value is -0.500. The summed E-state index contributed by atoms with van der Waals surface area (Å²) in [5, 5.41) is 4.34. The van der Waals surface area contributed by atoms with Gasteiger partial charge < -0.3 is 0 Å². The van der Waals surface area contributed by atoms with E-state index < -0.39 is 0 Å². The average molecular weight is 201 g/mol. The number of nitrogens with zero attached hydrogens (tertiary/aromatic N) is 2. The van der Waals surface area contributed by atoms with Gasteiger partial charge in [-0.1, -0.05) is 13.3 Å². The van der Waals surface area contributed by atoms with Gasteiger partial charge in [0.2, 0.25) is 0 Å². The van der Waals surface area contributed by atoms with Gasteiger partial charge in [0.05, 0.1) is 5.69 Å². The fourth-order valence-corrected chi connectivity index (χ4v) is 1.77. The predicted molar refractivity (Wildman–Crippen MR) is 56.0 cm³/mol. The Morgan fingerprint density at radius 3 is 2.85 bits per heavy atom. The lowest BCUT2D eigenvalue weighted by Gasteiger charge is -2.09. The summed E-state index contributed by atoms with van der Waals surface area (Å²) in [6.07, 6.45) is 5.38. The van der Waals surface area contributed by atoms with Gasteiger partial charge in [0.25, 0.3) is 0 Å². The van der Waals surface area contributed by atoms with Crippen molar-refractivity contribution < 1.29 is 0 Å². The molecule has 0 aliphatic rings. The Kier molecular flexibility index (Phi) is 4.29. The van der Waals surface area contributed by atoms with E-state index in [0.717, 1.165) is 18.0 Å². The monoisotopic (exact) mass is 200 g/mol. The highest BCUT2D eigenvalue weighted by molar-refractivity contribution is 6.18. The van der Waals surface area contributed by atoms with Crippen LogP contribution in [-0.4, -0.2) is 15.7 Å². The van der Waals surface area contributed by atoms with Crippen LogP contribution in [-0.2, 0) is 13.5 Å². The van der Waals surface area contributed by atoms with E-state index in [4.69, 9.17) is 11.6 Å². The van der Waals surface area contributed by atoms with Gasteiger partial charge in [-0.2, -0.15) is 5.10 Å². The number of aromatic nitrogens is 2. The average Bonchev–Trinajstić information content (AvgIpc) is 2.50. The first kappa shape index (κ1) is 10.6. The zero-order valence-corrected chi connectivity index (χ0v) is 9.09. The van der Waals surface area contributed by atoms with Crippen molar-refractivity contribution in [3.8, 4) is 0 Å². The van der Waals surface area contributed by atoms with Crippen molar-refractivity contribution >= 4 is 11.6 Å². The number of rotatable bonds is 5. The molecule has 0 bridgehead atoms. The second kappa shape index (κ2) is 5.28. The zero-order valence-electron chi connectivity index (χ0n) is 8.33. The SMILES string of the molecule is CCCC(CCl)Cc1ccn(C)n1. The summed E-state index contributed by atoms with van der Waals surface area (Å²) < 4.78 is 1.84. The molecule has 0 saturated carbocycles. The summed E-state index contributed by atoms with van der Waals surface area (Å²) in [7, 11) is 1.94. The van der Waals surface area contributed by atoms with Crippen LogP contribution in [0.5, 0.6) is 0 Å². The summed E-state index contributed by atoms with van der Waals surface area (Å²) in [5.74, 6) is 1.33. The molecule has 0 aliphatic heterocycles. The molecule has 0 N–H and O–H groups in total. The number of hydrogen-bond acceptors (Lipinski definition) is 1. The first-order chi connectivity index (χ1) is 6.26. The van der Waals surface area contributed by atoms with Crippen LogP contribution in [0.4, 0.5) is 0 Å². The number of aryl methyl sites for hydroxylation is 1. The van der Waals surface area contributed by atoms with E-state index in [0.29, 0.717) is 5.92 Å². The molecule has 0 amide bonds. The molecule has 0 aromatic carbocycles. The van der Waals surface area contributed by atoms with Gasteiger partial charge in [-0.25, -0.2) is 0 Å². The molecule has 0 fully saturated rings. The van der Waals surface area contributed by atoms with Crippen molar-refractivity contribution in [3.05, 3.63) is 18.0 Å². The standard InChI is InChI=1S/C10H17ClN2/c1-3-4-9(8-11)7-10-5-6-13(2)12-10/h5-6,9H,3-4,7-8H2,1-2H3. The van der Waals surface area contributed by atoms with Crippen molar-refractivity contribution in [2.24, 2.45) is 13.0 Å². The number of halogens is 1. The topological polar surface area (TPSA) is 17.8 Å². The summed E-state index contributed by atoms with van der Waals surface area (Å²) in [5.41, 5.74) is 1.15. The van der Waals surface area contributed by atoms with Gasteiger partial charge >= 0.3 is 0 Å². The van der Waals surface area contributed by atoms with E-state index >= 15 is 0 Å². The molecule has 13 heavy (non-hydrogen) atoms. The van der Waals surface area contributed by atoms with Gasteiger partial charge in [-0.15, -0.1) is 11.6 Å². The van der Waals surface area contributed by atoms with Gasteiger partial charge in [0.1, 0.15) is 0 Å². The zero-order chi connectivity index (χ0) is 9.68. The van der Waals surface area contributed by atoms with E-state index in [-0.39, 0.29) is 0 Å². The molecule has 1 aromatic rings. The van der Waals surface area contributed by atoms with E-state index in [1.54, 1.807) is 0 Å². The van der Waals surface area contributed by atoms with Gasteiger partial charge in [0.15, 0.2) is 0 Å². The first-order valence-electron chi connectivity index (χ1n) is 4.80. The van der Waals surface area contributed by atoms with Crippen LogP contribution in [0.3, 0.4) is 0 Å². The Labute approximate surface area is 84.9 Å². The minimum atomic E-state index is 0.585. The molecule has 0 saturated heterocycles. The molecule has 1 unspecified atom stereocenters. The van der Waals surface area contributed by atoms with E-state index in [1.165, 1.54) is 12.8 Å². The molecule has 1 rings (SSSR count). The highest BCUT2D eigenvalue weighted by Gasteiger charge is 2.08. The first-order valence-corrected chi connectivity index (χ1v) is 5.34. The van der Waals surface area contributed by atoms with Crippen LogP contribution in [0.1, 0.15) is 25.5 Å². The van der Waals surface area contributed by atoms with Crippen molar-refractivity contribution in [2.45, 2.75) is 26.2 Å². The maximum absolute atomic E-state index is 5.87. The molecular formula is C10H17ClN2. The third-order valence-corrected chi connectivity index (χ3v) is 2.62. The largest absolute Gasteiger partial charge is 0.276 e. The van der Waals surface area contributed by atoms with Gasteiger partial charge in [0, 0.05) is 19.1 Å². The minimum absolute atomic E-state index is 0.585. The molecule has 0 aliphatic carbocycles. The second-order valence-corrected chi connectivity index (χ2v) is 3.80. The third kappa shape index (κ3) is 3.39. The molecule has 0 radical (unpaired) electrons. The Morgan fingerprint density at radius 2 is 2.38 bits per heavy atom. The smallest absolute Gasteiger partial charge is 0.0627 e. The molecule has 1 heterocycles. The summed E-state index contributed by atoms with van der Waals surface area (Å²) in [6.45, 7) is 2.19. The molecule has 0 spiro atoms. The number of hydrogen-bond donors (Lipinski definition) is 0. The molecule has 74 valence electrons.